The van der Waals surface area contributed by atoms with Crippen molar-refractivity contribution in [1.82, 2.24) is 19.9 Å². The van der Waals surface area contributed by atoms with Crippen LogP contribution in [0.4, 0.5) is 11.5 Å². The number of hydrogen-bond acceptors (Lipinski definition) is 5. The molecule has 2 N–H and O–H groups in total. The average molecular weight is 381 g/mol. The van der Waals surface area contributed by atoms with Crippen LogP contribution in [0.3, 0.4) is 0 Å². The lowest BCUT2D eigenvalue weighted by Crippen LogP contribution is -1.94. The second kappa shape index (κ2) is 6.80. The lowest BCUT2D eigenvalue weighted by atomic mass is 10.1. The minimum atomic E-state index is 0.742. The summed E-state index contributed by atoms with van der Waals surface area (Å²) in [6, 6.07) is 18.3. The maximum Gasteiger partial charge on any atom is 0.142 e. The standard InChI is InChI=1S/C22H15N5S/c1-2-16-12-17-21(23-13-24-22(17)28-16)25-15-8-9-18-19(11-15)27-20(26-18)10-14-6-4-3-5-7-14/h1,3-9,11-13H,10H2,(H,26,27)(H,23,24,25). The molecule has 6 heteroatoms. The molecule has 5 rings (SSSR count). The number of terminal acetylenes is 1. The molecule has 134 valence electrons. The zero-order chi connectivity index (χ0) is 18.9. The molecule has 3 heterocycles. The first-order chi connectivity index (χ1) is 13.8. The molecule has 3 aromatic heterocycles. The van der Waals surface area contributed by atoms with E-state index in [1.54, 1.807) is 6.33 Å². The Morgan fingerprint density at radius 3 is 2.82 bits per heavy atom. The van der Waals surface area contributed by atoms with E-state index in [2.05, 4.69) is 38.3 Å². The molecule has 0 aliphatic carbocycles. The van der Waals surface area contributed by atoms with E-state index in [1.807, 2.05) is 42.5 Å². The van der Waals surface area contributed by atoms with Crippen molar-refractivity contribution in [3.05, 3.63) is 77.2 Å². The number of H-pyrrole nitrogens is 1. The quantitative estimate of drug-likeness (QED) is 0.435. The van der Waals surface area contributed by atoms with Gasteiger partial charge in [0, 0.05) is 12.1 Å². The van der Waals surface area contributed by atoms with Gasteiger partial charge in [-0.2, -0.15) is 0 Å². The predicted molar refractivity (Wildman–Crippen MR) is 114 cm³/mol. The SMILES string of the molecule is C#Cc1cc2c(Nc3ccc4nc(Cc5ccccc5)[nH]c4c3)ncnc2s1. The number of aromatic nitrogens is 4. The normalized spacial score (nSPS) is 11.0. The number of imidazole rings is 1. The van der Waals surface area contributed by atoms with E-state index in [9.17, 15) is 0 Å². The fourth-order valence-electron chi connectivity index (χ4n) is 3.18. The van der Waals surface area contributed by atoms with Gasteiger partial charge in [0.25, 0.3) is 0 Å². The third-order valence-electron chi connectivity index (χ3n) is 4.48. The van der Waals surface area contributed by atoms with Crippen LogP contribution in [-0.2, 0) is 6.42 Å². The number of rotatable bonds is 4. The number of aromatic amines is 1. The highest BCUT2D eigenvalue weighted by atomic mass is 32.1. The summed E-state index contributed by atoms with van der Waals surface area (Å²) in [5.41, 5.74) is 4.08. The van der Waals surface area contributed by atoms with Crippen LogP contribution in [0.15, 0.2) is 60.9 Å². The predicted octanol–water partition coefficient (Wildman–Crippen LogP) is 4.88. The summed E-state index contributed by atoms with van der Waals surface area (Å²) in [6.45, 7) is 0. The Kier molecular flexibility index (Phi) is 4.00. The third-order valence-corrected chi connectivity index (χ3v) is 5.45. The van der Waals surface area contributed by atoms with Crippen LogP contribution >= 0.6 is 11.3 Å². The van der Waals surface area contributed by atoms with E-state index < -0.39 is 0 Å². The lowest BCUT2D eigenvalue weighted by molar-refractivity contribution is 1.04. The Morgan fingerprint density at radius 2 is 1.96 bits per heavy atom. The van der Waals surface area contributed by atoms with Crippen molar-refractivity contribution in [3.63, 3.8) is 0 Å². The number of benzene rings is 2. The first-order valence-corrected chi connectivity index (χ1v) is 9.61. The number of fused-ring (bicyclic) bond motifs is 2. The van der Waals surface area contributed by atoms with Crippen molar-refractivity contribution < 1.29 is 0 Å². The molecule has 0 spiro atoms. The van der Waals surface area contributed by atoms with Gasteiger partial charge in [-0.15, -0.1) is 17.8 Å². The lowest BCUT2D eigenvalue weighted by Gasteiger charge is -2.06. The van der Waals surface area contributed by atoms with Crippen molar-refractivity contribution in [2.75, 3.05) is 5.32 Å². The summed E-state index contributed by atoms with van der Waals surface area (Å²) < 4.78 is 0. The minimum Gasteiger partial charge on any atom is -0.342 e. The Balaban J connectivity index is 1.45. The first kappa shape index (κ1) is 16.5. The largest absolute Gasteiger partial charge is 0.342 e. The van der Waals surface area contributed by atoms with Gasteiger partial charge in [0.15, 0.2) is 0 Å². The van der Waals surface area contributed by atoms with Gasteiger partial charge >= 0.3 is 0 Å². The van der Waals surface area contributed by atoms with Crippen molar-refractivity contribution in [2.24, 2.45) is 0 Å². The summed E-state index contributed by atoms with van der Waals surface area (Å²) >= 11 is 1.49. The zero-order valence-corrected chi connectivity index (χ0v) is 15.6. The molecule has 0 bridgehead atoms. The second-order valence-electron chi connectivity index (χ2n) is 6.40. The van der Waals surface area contributed by atoms with Crippen LogP contribution in [0.5, 0.6) is 0 Å². The van der Waals surface area contributed by atoms with Gasteiger partial charge in [-0.05, 0) is 29.8 Å². The summed E-state index contributed by atoms with van der Waals surface area (Å²) in [5.74, 6) is 4.35. The summed E-state index contributed by atoms with van der Waals surface area (Å²) in [7, 11) is 0. The van der Waals surface area contributed by atoms with E-state index in [4.69, 9.17) is 11.4 Å². The van der Waals surface area contributed by atoms with Crippen LogP contribution in [0.25, 0.3) is 21.3 Å². The van der Waals surface area contributed by atoms with Gasteiger partial charge in [0.1, 0.15) is 22.8 Å². The molecule has 28 heavy (non-hydrogen) atoms. The van der Waals surface area contributed by atoms with Gasteiger partial charge in [-0.1, -0.05) is 36.3 Å². The molecule has 5 aromatic rings. The van der Waals surface area contributed by atoms with E-state index in [1.165, 1.54) is 16.9 Å². The highest BCUT2D eigenvalue weighted by Gasteiger charge is 2.10. The van der Waals surface area contributed by atoms with Gasteiger partial charge in [-0.3, -0.25) is 0 Å². The number of nitrogens with one attached hydrogen (secondary N) is 2. The molecule has 0 saturated carbocycles. The third kappa shape index (κ3) is 3.08. The van der Waals surface area contributed by atoms with Crippen LogP contribution in [0.2, 0.25) is 0 Å². The fraction of sp³-hybridized carbons (Fsp3) is 0.0455. The van der Waals surface area contributed by atoms with Crippen LogP contribution in [0, 0.1) is 12.3 Å². The molecule has 0 aliphatic heterocycles. The maximum absolute atomic E-state index is 5.52. The number of nitrogens with zero attached hydrogens (tertiary/aromatic N) is 3. The molecule has 0 aliphatic rings. The van der Waals surface area contributed by atoms with Crippen LogP contribution in [-0.4, -0.2) is 19.9 Å². The molecule has 5 nitrogen and oxygen atoms in total. The number of anilines is 2. The van der Waals surface area contributed by atoms with E-state index in [-0.39, 0.29) is 0 Å². The van der Waals surface area contributed by atoms with Crippen molar-refractivity contribution in [1.29, 1.82) is 0 Å². The molecular weight excluding hydrogens is 366 g/mol. The molecular formula is C22H15N5S. The second-order valence-corrected chi connectivity index (χ2v) is 7.43. The fourth-order valence-corrected chi connectivity index (χ4v) is 3.99. The Hall–Kier alpha value is -3.69. The number of hydrogen-bond donors (Lipinski definition) is 2. The molecule has 0 unspecified atom stereocenters. The van der Waals surface area contributed by atoms with Crippen molar-refractivity contribution in [3.8, 4) is 12.3 Å². The van der Waals surface area contributed by atoms with Gasteiger partial charge in [0.2, 0.25) is 0 Å². The van der Waals surface area contributed by atoms with E-state index >= 15 is 0 Å². The van der Waals surface area contributed by atoms with Crippen molar-refractivity contribution in [2.45, 2.75) is 6.42 Å². The van der Waals surface area contributed by atoms with E-state index in [0.29, 0.717) is 0 Å². The first-order valence-electron chi connectivity index (χ1n) is 8.79. The highest BCUT2D eigenvalue weighted by Crippen LogP contribution is 2.30. The summed E-state index contributed by atoms with van der Waals surface area (Å²) in [6.07, 6.45) is 7.84. The molecule has 0 amide bonds. The zero-order valence-electron chi connectivity index (χ0n) is 14.8. The maximum atomic E-state index is 5.52. The molecule has 0 saturated heterocycles. The molecule has 0 fully saturated rings. The number of thiophene rings is 1. The Bertz CT molecular complexity index is 1330. The van der Waals surface area contributed by atoms with Gasteiger partial charge in [0.05, 0.1) is 21.3 Å². The van der Waals surface area contributed by atoms with Gasteiger partial charge in [-0.25, -0.2) is 15.0 Å². The van der Waals surface area contributed by atoms with Crippen LogP contribution in [0.1, 0.15) is 16.3 Å². The Labute approximate surface area is 165 Å². The smallest absolute Gasteiger partial charge is 0.142 e. The topological polar surface area (TPSA) is 66.5 Å². The van der Waals surface area contributed by atoms with Gasteiger partial charge < -0.3 is 10.3 Å². The summed E-state index contributed by atoms with van der Waals surface area (Å²) in [4.78, 5) is 18.5. The van der Waals surface area contributed by atoms with Crippen LogP contribution < -0.4 is 5.32 Å². The van der Waals surface area contributed by atoms with Crippen molar-refractivity contribution >= 4 is 44.1 Å². The van der Waals surface area contributed by atoms with E-state index in [0.717, 1.165) is 49.9 Å². The highest BCUT2D eigenvalue weighted by molar-refractivity contribution is 7.19. The summed E-state index contributed by atoms with van der Waals surface area (Å²) in [5, 5.41) is 4.30. The average Bonchev–Trinajstić information content (AvgIpc) is 3.32. The molecule has 2 aromatic carbocycles. The Morgan fingerprint density at radius 1 is 1.07 bits per heavy atom. The monoisotopic (exact) mass is 381 g/mol. The minimum absolute atomic E-state index is 0.742. The molecule has 0 atom stereocenters. The molecule has 0 radical (unpaired) electrons.